The lowest BCUT2D eigenvalue weighted by Crippen LogP contribution is -2.17. The molecule has 0 saturated heterocycles. The summed E-state index contributed by atoms with van der Waals surface area (Å²) >= 11 is 0. The van der Waals surface area contributed by atoms with Crippen LogP contribution in [-0.2, 0) is 19.4 Å². The van der Waals surface area contributed by atoms with Gasteiger partial charge in [-0.3, -0.25) is 4.79 Å². The normalized spacial score (nSPS) is 10.8. The van der Waals surface area contributed by atoms with Crippen LogP contribution in [0.25, 0.3) is 0 Å². The highest BCUT2D eigenvalue weighted by atomic mass is 32.2. The average Bonchev–Trinajstić information content (AvgIpc) is 2.64. The molecule has 0 heterocycles. The van der Waals surface area contributed by atoms with Crippen LogP contribution in [0.1, 0.15) is 12.0 Å². The molecule has 2 aromatic rings. The van der Waals surface area contributed by atoms with E-state index >= 15 is 0 Å². The molecule has 0 atom stereocenters. The number of sulfone groups is 1. The number of ether oxygens (including phenoxy) is 2. The molecule has 136 valence electrons. The Hall–Kier alpha value is -2.92. The Labute approximate surface area is 150 Å². The van der Waals surface area contributed by atoms with Gasteiger partial charge in [-0.25, -0.2) is 12.8 Å². The van der Waals surface area contributed by atoms with Gasteiger partial charge in [-0.15, -0.1) is 0 Å². The van der Waals surface area contributed by atoms with Crippen LogP contribution in [0.4, 0.5) is 4.39 Å². The third kappa shape index (κ3) is 5.57. The molecule has 0 bridgehead atoms. The zero-order chi connectivity index (χ0) is 19.0. The highest BCUT2D eigenvalue weighted by Crippen LogP contribution is 2.16. The summed E-state index contributed by atoms with van der Waals surface area (Å²) in [5.41, 5.74) is 0.500. The Morgan fingerprint density at radius 3 is 2.42 bits per heavy atom. The van der Waals surface area contributed by atoms with E-state index in [9.17, 15) is 17.6 Å². The number of nitrogens with zero attached hydrogens (tertiary/aromatic N) is 1. The van der Waals surface area contributed by atoms with Gasteiger partial charge in [-0.05, 0) is 36.4 Å². The third-order valence-electron chi connectivity index (χ3n) is 3.35. The Kier molecular flexibility index (Phi) is 6.69. The summed E-state index contributed by atoms with van der Waals surface area (Å²) < 4.78 is 47.8. The van der Waals surface area contributed by atoms with Gasteiger partial charge in [-0.2, -0.15) is 5.26 Å². The van der Waals surface area contributed by atoms with Crippen molar-refractivity contribution in [1.29, 1.82) is 5.26 Å². The molecule has 0 saturated carbocycles. The first-order chi connectivity index (χ1) is 12.4. The van der Waals surface area contributed by atoms with Gasteiger partial charge in [0, 0.05) is 0 Å². The number of nitriles is 1. The van der Waals surface area contributed by atoms with E-state index in [4.69, 9.17) is 14.7 Å². The van der Waals surface area contributed by atoms with E-state index in [1.54, 1.807) is 24.3 Å². The van der Waals surface area contributed by atoms with Crippen molar-refractivity contribution in [3.63, 3.8) is 0 Å². The molecule has 26 heavy (non-hydrogen) atoms. The predicted octanol–water partition coefficient (Wildman–Crippen LogP) is 2.48. The molecule has 0 amide bonds. The highest BCUT2D eigenvalue weighted by Gasteiger charge is 2.20. The number of carbonyl (C=O) groups excluding carboxylic acids is 1. The van der Waals surface area contributed by atoms with Gasteiger partial charge in [0.25, 0.3) is 0 Å². The summed E-state index contributed by atoms with van der Waals surface area (Å²) in [5.74, 6) is -1.59. The molecule has 8 heteroatoms. The van der Waals surface area contributed by atoms with E-state index in [-0.39, 0.29) is 19.6 Å². The predicted molar refractivity (Wildman–Crippen MR) is 90.7 cm³/mol. The van der Waals surface area contributed by atoms with Crippen LogP contribution in [-0.4, -0.2) is 33.4 Å². The van der Waals surface area contributed by atoms with Gasteiger partial charge in [0.15, 0.2) is 9.84 Å². The Balaban J connectivity index is 1.73. The van der Waals surface area contributed by atoms with Crippen molar-refractivity contribution < 1.29 is 27.1 Å². The number of rotatable bonds is 8. The summed E-state index contributed by atoms with van der Waals surface area (Å²) in [6.07, 6.45) is -0.381. The summed E-state index contributed by atoms with van der Waals surface area (Å²) in [5, 5.41) is 8.69. The maximum atomic E-state index is 13.5. The van der Waals surface area contributed by atoms with Gasteiger partial charge < -0.3 is 9.47 Å². The third-order valence-corrected chi connectivity index (χ3v) is 5.09. The second kappa shape index (κ2) is 8.97. The number of hydrogen-bond acceptors (Lipinski definition) is 6. The lowest BCUT2D eigenvalue weighted by atomic mass is 10.2. The lowest BCUT2D eigenvalue weighted by molar-refractivity contribution is -0.143. The van der Waals surface area contributed by atoms with Crippen molar-refractivity contribution in [2.24, 2.45) is 0 Å². The maximum Gasteiger partial charge on any atom is 0.306 e. The zero-order valence-electron chi connectivity index (χ0n) is 13.7. The van der Waals surface area contributed by atoms with Crippen molar-refractivity contribution in [2.45, 2.75) is 11.3 Å². The molecule has 2 rings (SSSR count). The molecule has 2 aromatic carbocycles. The van der Waals surface area contributed by atoms with Gasteiger partial charge in [0.2, 0.25) is 0 Å². The molecular weight excluding hydrogens is 361 g/mol. The van der Waals surface area contributed by atoms with Crippen LogP contribution in [0.5, 0.6) is 5.75 Å². The molecule has 0 aliphatic carbocycles. The topological polar surface area (TPSA) is 93.5 Å². The summed E-state index contributed by atoms with van der Waals surface area (Å²) in [7, 11) is -3.90. The minimum atomic E-state index is -3.90. The second-order valence-corrected chi connectivity index (χ2v) is 7.28. The minimum Gasteiger partial charge on any atom is -0.490 e. The smallest absolute Gasteiger partial charge is 0.306 e. The van der Waals surface area contributed by atoms with E-state index in [0.717, 1.165) is 12.1 Å². The summed E-state index contributed by atoms with van der Waals surface area (Å²) in [6.45, 7) is 0.0241. The van der Waals surface area contributed by atoms with E-state index in [0.29, 0.717) is 11.3 Å². The SMILES string of the molecule is N#Cc1ccc(OCCOC(=O)CCS(=O)(=O)c2ccccc2F)cc1. The Morgan fingerprint density at radius 1 is 1.08 bits per heavy atom. The number of halogens is 1. The average molecular weight is 377 g/mol. The van der Waals surface area contributed by atoms with Gasteiger partial charge in [0.1, 0.15) is 29.7 Å². The molecule has 0 fully saturated rings. The Morgan fingerprint density at radius 2 is 1.77 bits per heavy atom. The van der Waals surface area contributed by atoms with Crippen LogP contribution in [0.15, 0.2) is 53.4 Å². The Bertz CT molecular complexity index is 904. The van der Waals surface area contributed by atoms with E-state index in [2.05, 4.69) is 0 Å². The summed E-state index contributed by atoms with van der Waals surface area (Å²) in [4.78, 5) is 11.2. The van der Waals surface area contributed by atoms with Crippen molar-refractivity contribution >= 4 is 15.8 Å². The van der Waals surface area contributed by atoms with Crippen molar-refractivity contribution in [1.82, 2.24) is 0 Å². The lowest BCUT2D eigenvalue weighted by Gasteiger charge is -2.08. The number of carbonyl (C=O) groups is 1. The largest absolute Gasteiger partial charge is 0.490 e. The van der Waals surface area contributed by atoms with Crippen molar-refractivity contribution in [2.75, 3.05) is 19.0 Å². The van der Waals surface area contributed by atoms with Crippen LogP contribution in [0, 0.1) is 17.1 Å². The van der Waals surface area contributed by atoms with E-state index in [1.807, 2.05) is 6.07 Å². The van der Waals surface area contributed by atoms with E-state index in [1.165, 1.54) is 12.1 Å². The first kappa shape index (κ1) is 19.4. The molecule has 0 N–H and O–H groups in total. The minimum absolute atomic E-state index is 0.0570. The second-order valence-electron chi connectivity index (χ2n) is 5.20. The molecule has 0 aromatic heterocycles. The standard InChI is InChI=1S/C18H16FNO5S/c19-16-3-1-2-4-17(16)26(22,23)12-9-18(21)25-11-10-24-15-7-5-14(13-20)6-8-15/h1-8H,9-12H2. The van der Waals surface area contributed by atoms with Crippen LogP contribution in [0.2, 0.25) is 0 Å². The van der Waals surface area contributed by atoms with Crippen LogP contribution in [0.3, 0.4) is 0 Å². The monoisotopic (exact) mass is 377 g/mol. The van der Waals surface area contributed by atoms with Gasteiger partial charge >= 0.3 is 5.97 Å². The first-order valence-electron chi connectivity index (χ1n) is 7.68. The van der Waals surface area contributed by atoms with E-state index < -0.39 is 32.3 Å². The van der Waals surface area contributed by atoms with Crippen LogP contribution < -0.4 is 4.74 Å². The molecule has 0 aliphatic heterocycles. The number of benzene rings is 2. The zero-order valence-corrected chi connectivity index (χ0v) is 14.5. The number of esters is 1. The fourth-order valence-electron chi connectivity index (χ4n) is 2.04. The number of hydrogen-bond donors (Lipinski definition) is 0. The molecule has 6 nitrogen and oxygen atoms in total. The van der Waals surface area contributed by atoms with Gasteiger partial charge in [0.05, 0.1) is 23.8 Å². The fraction of sp³-hybridized carbons (Fsp3) is 0.222. The van der Waals surface area contributed by atoms with Gasteiger partial charge in [-0.1, -0.05) is 12.1 Å². The molecular formula is C18H16FNO5S. The maximum absolute atomic E-state index is 13.5. The fourth-order valence-corrected chi connectivity index (χ4v) is 3.34. The van der Waals surface area contributed by atoms with Crippen LogP contribution >= 0.6 is 0 Å². The quantitative estimate of drug-likeness (QED) is 0.518. The van der Waals surface area contributed by atoms with Crippen molar-refractivity contribution in [3.8, 4) is 11.8 Å². The summed E-state index contributed by atoms with van der Waals surface area (Å²) in [6, 6.07) is 13.4. The molecule has 0 radical (unpaired) electrons. The molecule has 0 aliphatic rings. The van der Waals surface area contributed by atoms with Crippen molar-refractivity contribution in [3.05, 3.63) is 59.9 Å². The highest BCUT2D eigenvalue weighted by molar-refractivity contribution is 7.91. The molecule has 0 spiro atoms. The first-order valence-corrected chi connectivity index (χ1v) is 9.33. The molecule has 0 unspecified atom stereocenters.